The first-order valence-electron chi connectivity index (χ1n) is 10.3. The summed E-state index contributed by atoms with van der Waals surface area (Å²) in [5, 5.41) is 26.3. The smallest absolute Gasteiger partial charge is 0.283 e. The van der Waals surface area contributed by atoms with Gasteiger partial charge in [0.2, 0.25) is 5.17 Å². The number of hydrogen-bond acceptors (Lipinski definition) is 8. The van der Waals surface area contributed by atoms with Crippen molar-refractivity contribution in [2.24, 2.45) is 10.1 Å². The molecule has 0 bridgehead atoms. The standard InChI is InChI=1S/C23H18N6O5S/c1-12-9-14(13(2)27(12)17-7-6-15(29(31)32)11-19(17)33-3)10-16-20(24)28-23(25-21(16)30)35-22(26-28)18-5-4-8-34-18/h4-11,24H,1-3H3/b16-10+,24-20?. The van der Waals surface area contributed by atoms with Crippen LogP contribution < -0.4 is 4.74 Å². The number of amides is 1. The van der Waals surface area contributed by atoms with E-state index in [1.54, 1.807) is 24.3 Å². The number of benzene rings is 1. The van der Waals surface area contributed by atoms with Crippen LogP contribution in [0, 0.1) is 29.4 Å². The SMILES string of the molecule is COc1cc([N+](=O)[O-])ccc1-n1c(C)cc(/C=C2\C(=N)N3N=C(c4ccco4)SC3=NC2=O)c1C. The van der Waals surface area contributed by atoms with Crippen molar-refractivity contribution >= 4 is 45.5 Å². The number of nitrogens with one attached hydrogen (secondary N) is 1. The van der Waals surface area contributed by atoms with Gasteiger partial charge in [-0.2, -0.15) is 15.1 Å². The summed E-state index contributed by atoms with van der Waals surface area (Å²) < 4.78 is 12.6. The Labute approximate surface area is 203 Å². The number of fused-ring (bicyclic) bond motifs is 1. The van der Waals surface area contributed by atoms with Gasteiger partial charge in [0.05, 0.1) is 35.6 Å². The molecule has 2 aliphatic heterocycles. The molecule has 0 spiro atoms. The average molecular weight is 491 g/mol. The van der Waals surface area contributed by atoms with Gasteiger partial charge < -0.3 is 13.7 Å². The van der Waals surface area contributed by atoms with Gasteiger partial charge >= 0.3 is 0 Å². The monoisotopic (exact) mass is 490 g/mol. The van der Waals surface area contributed by atoms with Gasteiger partial charge in [-0.05, 0) is 61.5 Å². The molecule has 1 N–H and O–H groups in total. The third-order valence-electron chi connectivity index (χ3n) is 5.57. The lowest BCUT2D eigenvalue weighted by Gasteiger charge is -2.20. The quantitative estimate of drug-likeness (QED) is 0.320. The van der Waals surface area contributed by atoms with Crippen LogP contribution in [-0.2, 0) is 4.79 Å². The number of ether oxygens (including phenoxy) is 1. The third-order valence-corrected chi connectivity index (χ3v) is 6.49. The van der Waals surface area contributed by atoms with Crippen LogP contribution in [0.5, 0.6) is 5.75 Å². The molecule has 176 valence electrons. The number of amidine groups is 2. The molecule has 0 fully saturated rings. The number of aryl methyl sites for hydroxylation is 1. The Morgan fingerprint density at radius 1 is 1.26 bits per heavy atom. The number of aromatic nitrogens is 1. The normalized spacial score (nSPS) is 16.4. The van der Waals surface area contributed by atoms with Crippen molar-refractivity contribution in [2.75, 3.05) is 7.11 Å². The highest BCUT2D eigenvalue weighted by Gasteiger charge is 2.37. The number of nitrogens with zero attached hydrogens (tertiary/aromatic N) is 5. The first-order valence-corrected chi connectivity index (χ1v) is 11.2. The van der Waals surface area contributed by atoms with Crippen molar-refractivity contribution in [2.45, 2.75) is 13.8 Å². The fourth-order valence-corrected chi connectivity index (χ4v) is 4.78. The van der Waals surface area contributed by atoms with Gasteiger partial charge in [0, 0.05) is 17.5 Å². The van der Waals surface area contributed by atoms with Crippen molar-refractivity contribution < 1.29 is 18.9 Å². The van der Waals surface area contributed by atoms with E-state index in [0.717, 1.165) is 23.1 Å². The number of methoxy groups -OCH3 is 1. The van der Waals surface area contributed by atoms with Crippen LogP contribution in [0.1, 0.15) is 22.7 Å². The average Bonchev–Trinajstić information content (AvgIpc) is 3.56. The van der Waals surface area contributed by atoms with Crippen LogP contribution in [0.15, 0.2) is 62.7 Å². The summed E-state index contributed by atoms with van der Waals surface area (Å²) in [6.07, 6.45) is 3.13. The highest BCUT2D eigenvalue weighted by atomic mass is 32.2. The molecule has 0 saturated carbocycles. The number of furan rings is 1. The second-order valence-electron chi connectivity index (χ2n) is 7.68. The predicted octanol–water partition coefficient (Wildman–Crippen LogP) is 4.27. The number of nitro groups is 1. The Morgan fingerprint density at radius 2 is 2.06 bits per heavy atom. The van der Waals surface area contributed by atoms with Gasteiger partial charge in [-0.1, -0.05) is 0 Å². The summed E-state index contributed by atoms with van der Waals surface area (Å²) in [5.74, 6) is 0.234. The molecule has 2 aliphatic rings. The summed E-state index contributed by atoms with van der Waals surface area (Å²) in [6, 6.07) is 9.72. The van der Waals surface area contributed by atoms with Gasteiger partial charge in [0.1, 0.15) is 5.75 Å². The Kier molecular flexibility index (Phi) is 5.36. The Bertz CT molecular complexity index is 1500. The van der Waals surface area contributed by atoms with E-state index < -0.39 is 10.8 Å². The molecule has 0 radical (unpaired) electrons. The minimum Gasteiger partial charge on any atom is -0.494 e. The van der Waals surface area contributed by atoms with Gasteiger partial charge in [-0.3, -0.25) is 20.3 Å². The van der Waals surface area contributed by atoms with E-state index in [2.05, 4.69) is 10.1 Å². The number of hydrazone groups is 1. The Balaban J connectivity index is 1.53. The zero-order valence-electron chi connectivity index (χ0n) is 18.8. The zero-order chi connectivity index (χ0) is 24.9. The molecule has 0 unspecified atom stereocenters. The molecule has 0 atom stereocenters. The predicted molar refractivity (Wildman–Crippen MR) is 131 cm³/mol. The molecule has 1 aromatic carbocycles. The van der Waals surface area contributed by atoms with Crippen LogP contribution in [0.25, 0.3) is 11.8 Å². The lowest BCUT2D eigenvalue weighted by atomic mass is 10.1. The molecule has 3 aromatic rings. The summed E-state index contributed by atoms with van der Waals surface area (Å²) in [5.41, 5.74) is 2.89. The van der Waals surface area contributed by atoms with E-state index in [0.29, 0.717) is 33.0 Å². The van der Waals surface area contributed by atoms with Crippen LogP contribution in [-0.4, -0.2) is 43.6 Å². The first kappa shape index (κ1) is 22.3. The van der Waals surface area contributed by atoms with Crippen molar-refractivity contribution in [3.05, 3.63) is 81.1 Å². The topological polar surface area (TPSA) is 139 Å². The highest BCUT2D eigenvalue weighted by Crippen LogP contribution is 2.34. The summed E-state index contributed by atoms with van der Waals surface area (Å²) in [4.78, 5) is 27.6. The summed E-state index contributed by atoms with van der Waals surface area (Å²) >= 11 is 1.16. The molecular formula is C23H18N6O5S. The number of hydrogen-bond donors (Lipinski definition) is 1. The second kappa shape index (κ2) is 8.40. The van der Waals surface area contributed by atoms with Gasteiger partial charge in [-0.25, -0.2) is 0 Å². The lowest BCUT2D eigenvalue weighted by molar-refractivity contribution is -0.384. The van der Waals surface area contributed by atoms with E-state index in [9.17, 15) is 14.9 Å². The van der Waals surface area contributed by atoms with E-state index in [1.165, 1.54) is 30.5 Å². The third kappa shape index (κ3) is 3.73. The van der Waals surface area contributed by atoms with Crippen LogP contribution in [0.3, 0.4) is 0 Å². The van der Waals surface area contributed by atoms with Crippen molar-refractivity contribution in [3.63, 3.8) is 0 Å². The molecule has 11 nitrogen and oxygen atoms in total. The minimum atomic E-state index is -0.539. The molecule has 0 aliphatic carbocycles. The zero-order valence-corrected chi connectivity index (χ0v) is 19.6. The summed E-state index contributed by atoms with van der Waals surface area (Å²) in [7, 11) is 1.45. The van der Waals surface area contributed by atoms with Crippen LogP contribution in [0.4, 0.5) is 5.69 Å². The largest absolute Gasteiger partial charge is 0.494 e. The second-order valence-corrected chi connectivity index (χ2v) is 8.63. The molecule has 12 heteroatoms. The minimum absolute atomic E-state index is 0.0803. The van der Waals surface area contributed by atoms with E-state index >= 15 is 0 Å². The number of rotatable bonds is 5. The Hall–Kier alpha value is -4.45. The van der Waals surface area contributed by atoms with Crippen LogP contribution in [0.2, 0.25) is 0 Å². The maximum atomic E-state index is 12.8. The van der Waals surface area contributed by atoms with Crippen molar-refractivity contribution in [1.82, 2.24) is 9.58 Å². The maximum absolute atomic E-state index is 12.8. The maximum Gasteiger partial charge on any atom is 0.283 e. The molecule has 1 amide bonds. The van der Waals surface area contributed by atoms with Crippen LogP contribution >= 0.6 is 11.8 Å². The summed E-state index contributed by atoms with van der Waals surface area (Å²) in [6.45, 7) is 3.72. The van der Waals surface area contributed by atoms with Crippen molar-refractivity contribution in [3.8, 4) is 11.4 Å². The fourth-order valence-electron chi connectivity index (χ4n) is 3.92. The highest BCUT2D eigenvalue weighted by molar-refractivity contribution is 8.27. The lowest BCUT2D eigenvalue weighted by Crippen LogP contribution is -2.35. The van der Waals surface area contributed by atoms with Gasteiger partial charge in [0.15, 0.2) is 16.6 Å². The van der Waals surface area contributed by atoms with E-state index in [-0.39, 0.29) is 17.1 Å². The number of aliphatic imine (C=N–C) groups is 1. The molecule has 5 rings (SSSR count). The van der Waals surface area contributed by atoms with Crippen molar-refractivity contribution in [1.29, 1.82) is 5.41 Å². The van der Waals surface area contributed by atoms with Gasteiger partial charge in [0.25, 0.3) is 11.6 Å². The fraction of sp³-hybridized carbons (Fsp3) is 0.130. The first-order chi connectivity index (χ1) is 16.8. The number of nitro benzene ring substituents is 1. The number of carbonyl (C=O) groups excluding carboxylic acids is 1. The molecule has 2 aromatic heterocycles. The Morgan fingerprint density at radius 3 is 2.74 bits per heavy atom. The van der Waals surface area contributed by atoms with E-state index in [1.807, 2.05) is 24.5 Å². The van der Waals surface area contributed by atoms with Gasteiger partial charge in [-0.15, -0.1) is 0 Å². The number of carbonyl (C=O) groups is 1. The molecule has 35 heavy (non-hydrogen) atoms. The van der Waals surface area contributed by atoms with E-state index in [4.69, 9.17) is 14.6 Å². The molecule has 4 heterocycles. The molecule has 0 saturated heterocycles. The molecular weight excluding hydrogens is 472 g/mol. The number of thioether (sulfide) groups is 1. The number of non-ortho nitro benzene ring substituents is 1.